The molecule has 1 aliphatic heterocycles. The van der Waals surface area contributed by atoms with Crippen LogP contribution in [0.25, 0.3) is 0 Å². The van der Waals surface area contributed by atoms with E-state index in [1.807, 2.05) is 20.8 Å². The van der Waals surface area contributed by atoms with Crippen molar-refractivity contribution in [2.75, 3.05) is 18.8 Å². The minimum Gasteiger partial charge on any atom is -0.444 e. The predicted octanol–water partition coefficient (Wildman–Crippen LogP) is 2.96. The van der Waals surface area contributed by atoms with Crippen LogP contribution in [-0.2, 0) is 4.74 Å². The normalized spacial score (nSPS) is 18.9. The van der Waals surface area contributed by atoms with Crippen LogP contribution in [0.2, 0.25) is 0 Å². The first-order chi connectivity index (χ1) is 9.83. The maximum atomic E-state index is 12.7. The highest BCUT2D eigenvalue weighted by Crippen LogP contribution is 2.25. The van der Waals surface area contributed by atoms with E-state index in [1.54, 1.807) is 4.90 Å². The van der Waals surface area contributed by atoms with Crippen LogP contribution >= 0.6 is 11.8 Å². The molecule has 1 aliphatic rings. The van der Waals surface area contributed by atoms with Gasteiger partial charge in [-0.2, -0.15) is 0 Å². The zero-order valence-corrected chi connectivity index (χ0v) is 13.3. The summed E-state index contributed by atoms with van der Waals surface area (Å²) in [5, 5.41) is 0.562. The molecule has 0 radical (unpaired) electrons. The maximum absolute atomic E-state index is 12.7. The van der Waals surface area contributed by atoms with Gasteiger partial charge in [-0.25, -0.2) is 19.2 Å². The molecule has 1 atom stereocenters. The van der Waals surface area contributed by atoms with Gasteiger partial charge in [-0.05, 0) is 33.1 Å². The molecule has 116 valence electrons. The highest BCUT2D eigenvalue weighted by Gasteiger charge is 2.29. The van der Waals surface area contributed by atoms with Crippen molar-refractivity contribution in [2.45, 2.75) is 37.9 Å². The standard InChI is InChI=1S/C14H20FN3O2S/c1-14(2,3)20-13(19)18-5-4-10(8-18)9-21-12-16-6-11(15)7-17-12/h6-7,10H,4-5,8-9H2,1-3H3/t10-/m1/s1. The molecule has 21 heavy (non-hydrogen) atoms. The molecule has 7 heteroatoms. The molecule has 1 amide bonds. The molecular formula is C14H20FN3O2S. The Labute approximate surface area is 128 Å². The molecule has 0 N–H and O–H groups in total. The molecule has 0 spiro atoms. The van der Waals surface area contributed by atoms with Gasteiger partial charge in [-0.1, -0.05) is 11.8 Å². The summed E-state index contributed by atoms with van der Waals surface area (Å²) in [7, 11) is 0. The van der Waals surface area contributed by atoms with Crippen LogP contribution in [0.3, 0.4) is 0 Å². The van der Waals surface area contributed by atoms with Gasteiger partial charge in [0, 0.05) is 18.8 Å². The number of thioether (sulfide) groups is 1. The van der Waals surface area contributed by atoms with Crippen molar-refractivity contribution in [3.05, 3.63) is 18.2 Å². The summed E-state index contributed by atoms with van der Waals surface area (Å²) in [6, 6.07) is 0. The largest absolute Gasteiger partial charge is 0.444 e. The van der Waals surface area contributed by atoms with Gasteiger partial charge < -0.3 is 9.64 Å². The topological polar surface area (TPSA) is 55.3 Å². The first kappa shape index (κ1) is 16.0. The highest BCUT2D eigenvalue weighted by atomic mass is 32.2. The van der Waals surface area contributed by atoms with Crippen molar-refractivity contribution in [1.29, 1.82) is 0 Å². The van der Waals surface area contributed by atoms with Crippen molar-refractivity contribution in [2.24, 2.45) is 5.92 Å². The lowest BCUT2D eigenvalue weighted by molar-refractivity contribution is 0.0289. The fourth-order valence-electron chi connectivity index (χ4n) is 2.03. The molecule has 1 aromatic heterocycles. The second-order valence-electron chi connectivity index (χ2n) is 6.08. The Bertz CT molecular complexity index is 490. The lowest BCUT2D eigenvalue weighted by atomic mass is 10.2. The van der Waals surface area contributed by atoms with Gasteiger partial charge in [0.05, 0.1) is 12.4 Å². The average Bonchev–Trinajstić information content (AvgIpc) is 2.85. The number of carbonyl (C=O) groups is 1. The van der Waals surface area contributed by atoms with Crippen LogP contribution in [-0.4, -0.2) is 45.4 Å². The second-order valence-corrected chi connectivity index (χ2v) is 7.06. The number of carbonyl (C=O) groups excluding carboxylic acids is 1. The Morgan fingerprint density at radius 3 is 2.76 bits per heavy atom. The van der Waals surface area contributed by atoms with Crippen LogP contribution in [0.1, 0.15) is 27.2 Å². The Kier molecular flexibility index (Phi) is 5.03. The molecule has 1 fully saturated rings. The van der Waals surface area contributed by atoms with Crippen LogP contribution in [0.5, 0.6) is 0 Å². The van der Waals surface area contributed by atoms with E-state index >= 15 is 0 Å². The van der Waals surface area contributed by atoms with E-state index in [0.717, 1.165) is 24.6 Å². The van der Waals surface area contributed by atoms with Gasteiger partial charge in [-0.15, -0.1) is 0 Å². The monoisotopic (exact) mass is 313 g/mol. The number of halogens is 1. The molecule has 2 heterocycles. The minimum atomic E-state index is -0.466. The number of hydrogen-bond donors (Lipinski definition) is 0. The summed E-state index contributed by atoms with van der Waals surface area (Å²) >= 11 is 1.49. The molecule has 0 unspecified atom stereocenters. The Hall–Kier alpha value is -1.37. The zero-order chi connectivity index (χ0) is 15.5. The SMILES string of the molecule is CC(C)(C)OC(=O)N1CC[C@@H](CSc2ncc(F)cn2)C1. The number of amides is 1. The molecule has 0 saturated carbocycles. The summed E-state index contributed by atoms with van der Waals surface area (Å²) in [6.07, 6.45) is 3.01. The van der Waals surface area contributed by atoms with Gasteiger partial charge in [0.25, 0.3) is 0 Å². The van der Waals surface area contributed by atoms with Crippen LogP contribution in [0.4, 0.5) is 9.18 Å². The first-order valence-electron chi connectivity index (χ1n) is 6.92. The van der Waals surface area contributed by atoms with E-state index in [2.05, 4.69) is 9.97 Å². The van der Waals surface area contributed by atoms with Crippen molar-refractivity contribution < 1.29 is 13.9 Å². The Morgan fingerprint density at radius 2 is 2.14 bits per heavy atom. The van der Waals surface area contributed by atoms with Crippen molar-refractivity contribution in [3.63, 3.8) is 0 Å². The fraction of sp³-hybridized carbons (Fsp3) is 0.643. The highest BCUT2D eigenvalue weighted by molar-refractivity contribution is 7.99. The van der Waals surface area contributed by atoms with Gasteiger partial charge in [-0.3, -0.25) is 0 Å². The van der Waals surface area contributed by atoms with E-state index in [9.17, 15) is 9.18 Å². The third-order valence-corrected chi connectivity index (χ3v) is 4.09. The quantitative estimate of drug-likeness (QED) is 0.634. The number of aromatic nitrogens is 2. The van der Waals surface area contributed by atoms with Gasteiger partial charge in [0.15, 0.2) is 11.0 Å². The Morgan fingerprint density at radius 1 is 1.48 bits per heavy atom. The summed E-state index contributed by atoms with van der Waals surface area (Å²) in [6.45, 7) is 6.98. The summed E-state index contributed by atoms with van der Waals surface area (Å²) < 4.78 is 18.1. The van der Waals surface area contributed by atoms with E-state index in [1.165, 1.54) is 11.8 Å². The van der Waals surface area contributed by atoms with E-state index < -0.39 is 11.4 Å². The molecule has 0 aromatic carbocycles. The van der Waals surface area contributed by atoms with Crippen molar-refractivity contribution in [1.82, 2.24) is 14.9 Å². The summed E-state index contributed by atoms with van der Waals surface area (Å²) in [5.41, 5.74) is -0.466. The molecule has 1 saturated heterocycles. The Balaban J connectivity index is 1.77. The number of ether oxygens (including phenoxy) is 1. The molecule has 2 rings (SSSR count). The number of nitrogens with zero attached hydrogens (tertiary/aromatic N) is 3. The van der Waals surface area contributed by atoms with Crippen LogP contribution in [0, 0.1) is 11.7 Å². The smallest absolute Gasteiger partial charge is 0.410 e. The lowest BCUT2D eigenvalue weighted by Gasteiger charge is -2.24. The third kappa shape index (κ3) is 5.15. The van der Waals surface area contributed by atoms with E-state index in [4.69, 9.17) is 4.74 Å². The fourth-order valence-corrected chi connectivity index (χ4v) is 2.94. The summed E-state index contributed by atoms with van der Waals surface area (Å²) in [4.78, 5) is 21.5. The molecule has 1 aromatic rings. The van der Waals surface area contributed by atoms with Gasteiger partial charge in [0.1, 0.15) is 5.60 Å². The van der Waals surface area contributed by atoms with Gasteiger partial charge in [0.2, 0.25) is 0 Å². The third-order valence-electron chi connectivity index (χ3n) is 2.98. The maximum Gasteiger partial charge on any atom is 0.410 e. The minimum absolute atomic E-state index is 0.256. The van der Waals surface area contributed by atoms with Crippen LogP contribution in [0.15, 0.2) is 17.6 Å². The summed E-state index contributed by atoms with van der Waals surface area (Å²) in [5.74, 6) is 0.762. The van der Waals surface area contributed by atoms with E-state index in [0.29, 0.717) is 24.2 Å². The van der Waals surface area contributed by atoms with Crippen molar-refractivity contribution in [3.8, 4) is 0 Å². The molecule has 5 nitrogen and oxygen atoms in total. The molecular weight excluding hydrogens is 293 g/mol. The zero-order valence-electron chi connectivity index (χ0n) is 12.5. The van der Waals surface area contributed by atoms with Crippen molar-refractivity contribution >= 4 is 17.9 Å². The molecule has 0 aliphatic carbocycles. The van der Waals surface area contributed by atoms with Gasteiger partial charge >= 0.3 is 6.09 Å². The lowest BCUT2D eigenvalue weighted by Crippen LogP contribution is -2.35. The number of rotatable bonds is 3. The molecule has 0 bridgehead atoms. The average molecular weight is 313 g/mol. The van der Waals surface area contributed by atoms with Crippen LogP contribution < -0.4 is 0 Å². The number of hydrogen-bond acceptors (Lipinski definition) is 5. The second kappa shape index (κ2) is 6.60. The predicted molar refractivity (Wildman–Crippen MR) is 78.6 cm³/mol. The first-order valence-corrected chi connectivity index (χ1v) is 7.90. The van der Waals surface area contributed by atoms with E-state index in [-0.39, 0.29) is 6.09 Å². The number of likely N-dealkylation sites (tertiary alicyclic amines) is 1.